The number of H-pyrrole nitrogens is 1. The zero-order chi connectivity index (χ0) is 22.2. The van der Waals surface area contributed by atoms with Crippen molar-refractivity contribution < 1.29 is 9.18 Å². The Labute approximate surface area is 195 Å². The smallest absolute Gasteiger partial charge is 0.266 e. The molecule has 7 heteroatoms. The van der Waals surface area contributed by atoms with E-state index in [4.69, 9.17) is 11.6 Å². The molecule has 1 amide bonds. The highest BCUT2D eigenvalue weighted by Gasteiger charge is 2.30. The third-order valence-electron chi connectivity index (χ3n) is 5.89. The minimum Gasteiger partial charge on any atom is -0.361 e. The maximum atomic E-state index is 13.8. The van der Waals surface area contributed by atoms with Crippen LogP contribution in [0.2, 0.25) is 5.02 Å². The van der Waals surface area contributed by atoms with Crippen molar-refractivity contribution in [2.24, 2.45) is 5.92 Å². The monoisotopic (exact) mass is 467 g/mol. The first-order valence-corrected chi connectivity index (χ1v) is 12.0. The van der Waals surface area contributed by atoms with E-state index in [0.717, 1.165) is 46.4 Å². The molecule has 2 aromatic heterocycles. The molecule has 0 unspecified atom stereocenters. The molecule has 0 radical (unpaired) electrons. The van der Waals surface area contributed by atoms with E-state index in [1.54, 1.807) is 12.1 Å². The molecule has 5 rings (SSSR count). The number of rotatable bonds is 7. The van der Waals surface area contributed by atoms with E-state index in [-0.39, 0.29) is 11.7 Å². The van der Waals surface area contributed by atoms with Gasteiger partial charge in [-0.25, -0.2) is 9.37 Å². The van der Waals surface area contributed by atoms with Crippen LogP contribution < -0.4 is 0 Å². The molecule has 1 aliphatic rings. The second-order valence-corrected chi connectivity index (χ2v) is 10.0. The predicted octanol–water partition coefficient (Wildman–Crippen LogP) is 6.49. The molecule has 1 saturated carbocycles. The van der Waals surface area contributed by atoms with Gasteiger partial charge in [0.2, 0.25) is 0 Å². The van der Waals surface area contributed by atoms with Crippen LogP contribution in [0.15, 0.2) is 48.7 Å². The summed E-state index contributed by atoms with van der Waals surface area (Å²) in [6.07, 6.45) is 4.90. The minimum atomic E-state index is -0.253. The van der Waals surface area contributed by atoms with Gasteiger partial charge < -0.3 is 9.88 Å². The van der Waals surface area contributed by atoms with Gasteiger partial charge in [-0.2, -0.15) is 0 Å². The lowest BCUT2D eigenvalue weighted by molar-refractivity contribution is 0.0755. The van der Waals surface area contributed by atoms with E-state index < -0.39 is 0 Å². The lowest BCUT2D eigenvalue weighted by atomic mass is 10.1. The van der Waals surface area contributed by atoms with Crippen molar-refractivity contribution >= 4 is 39.7 Å². The summed E-state index contributed by atoms with van der Waals surface area (Å²) in [4.78, 5) is 24.1. The maximum Gasteiger partial charge on any atom is 0.266 e. The van der Waals surface area contributed by atoms with Crippen molar-refractivity contribution in [1.29, 1.82) is 0 Å². The Morgan fingerprint density at radius 1 is 1.25 bits per heavy atom. The molecule has 32 heavy (non-hydrogen) atoms. The van der Waals surface area contributed by atoms with Gasteiger partial charge in [-0.3, -0.25) is 4.79 Å². The number of amides is 1. The lowest BCUT2D eigenvalue weighted by Crippen LogP contribution is -2.34. The van der Waals surface area contributed by atoms with E-state index >= 15 is 0 Å². The van der Waals surface area contributed by atoms with Gasteiger partial charge in [0.25, 0.3) is 5.91 Å². The average Bonchev–Trinajstić information content (AvgIpc) is 3.39. The summed E-state index contributed by atoms with van der Waals surface area (Å²) in [6.45, 7) is 3.24. The fourth-order valence-corrected chi connectivity index (χ4v) is 5.05. The SMILES string of the molecule is Cc1nc(-c2ccc(Cl)cc2)c(C(=O)N(CCc2c[nH]c3ccc(F)cc23)CC2CC2)s1. The van der Waals surface area contributed by atoms with Crippen molar-refractivity contribution in [3.8, 4) is 11.3 Å². The minimum absolute atomic E-state index is 0.0125. The van der Waals surface area contributed by atoms with E-state index in [9.17, 15) is 9.18 Å². The van der Waals surface area contributed by atoms with Gasteiger partial charge in [0.1, 0.15) is 10.7 Å². The summed E-state index contributed by atoms with van der Waals surface area (Å²) < 4.78 is 13.8. The number of hydrogen-bond acceptors (Lipinski definition) is 3. The van der Waals surface area contributed by atoms with Gasteiger partial charge in [0.05, 0.1) is 10.7 Å². The van der Waals surface area contributed by atoms with Gasteiger partial charge in [-0.05, 0) is 68.0 Å². The second kappa shape index (κ2) is 8.68. The summed E-state index contributed by atoms with van der Waals surface area (Å²) >= 11 is 7.48. The summed E-state index contributed by atoms with van der Waals surface area (Å²) in [5.74, 6) is 0.322. The molecular formula is C25H23ClFN3OS. The molecule has 2 heterocycles. The van der Waals surface area contributed by atoms with E-state index in [1.165, 1.54) is 17.4 Å². The van der Waals surface area contributed by atoms with Crippen LogP contribution in [0.3, 0.4) is 0 Å². The number of nitrogens with one attached hydrogen (secondary N) is 1. The first kappa shape index (κ1) is 21.2. The summed E-state index contributed by atoms with van der Waals surface area (Å²) in [7, 11) is 0. The summed E-state index contributed by atoms with van der Waals surface area (Å²) in [6, 6.07) is 12.2. The molecule has 1 aliphatic carbocycles. The Hall–Kier alpha value is -2.70. The number of carbonyl (C=O) groups is 1. The standard InChI is InChI=1S/C25H23ClFN3OS/c1-15-29-23(17-4-6-19(26)7-5-17)24(32-15)25(31)30(14-16-2-3-16)11-10-18-13-28-22-9-8-20(27)12-21(18)22/h4-9,12-13,16,28H,2-3,10-11,14H2,1H3. The number of aromatic nitrogens is 2. The van der Waals surface area contributed by atoms with E-state index in [0.29, 0.717) is 34.5 Å². The largest absolute Gasteiger partial charge is 0.361 e. The molecule has 0 atom stereocenters. The third-order valence-corrected chi connectivity index (χ3v) is 7.10. The fourth-order valence-electron chi connectivity index (χ4n) is 4.02. The van der Waals surface area contributed by atoms with Crippen molar-refractivity contribution in [1.82, 2.24) is 14.9 Å². The highest BCUT2D eigenvalue weighted by molar-refractivity contribution is 7.14. The number of carbonyl (C=O) groups excluding carboxylic acids is 1. The molecule has 2 aromatic carbocycles. The third kappa shape index (κ3) is 4.43. The number of aryl methyl sites for hydroxylation is 1. The average molecular weight is 468 g/mol. The van der Waals surface area contributed by atoms with Crippen molar-refractivity contribution in [2.45, 2.75) is 26.2 Å². The number of fused-ring (bicyclic) bond motifs is 1. The molecular weight excluding hydrogens is 445 g/mol. The summed E-state index contributed by atoms with van der Waals surface area (Å²) in [5.41, 5.74) is 3.53. The first-order valence-electron chi connectivity index (χ1n) is 10.8. The Morgan fingerprint density at radius 3 is 2.78 bits per heavy atom. The number of benzene rings is 2. The molecule has 0 saturated heterocycles. The maximum absolute atomic E-state index is 13.8. The van der Waals surface area contributed by atoms with Crippen LogP contribution in [0.5, 0.6) is 0 Å². The fraction of sp³-hybridized carbons (Fsp3) is 0.280. The van der Waals surface area contributed by atoms with Crippen molar-refractivity contribution in [2.75, 3.05) is 13.1 Å². The quantitative estimate of drug-likeness (QED) is 0.338. The van der Waals surface area contributed by atoms with Gasteiger partial charge in [0, 0.05) is 40.8 Å². The topological polar surface area (TPSA) is 49.0 Å². The molecule has 4 nitrogen and oxygen atoms in total. The lowest BCUT2D eigenvalue weighted by Gasteiger charge is -2.22. The molecule has 0 spiro atoms. The number of aromatic amines is 1. The Bertz CT molecular complexity index is 1280. The Kier molecular flexibility index (Phi) is 5.74. The number of halogens is 2. The van der Waals surface area contributed by atoms with Crippen LogP contribution in [0.25, 0.3) is 22.2 Å². The predicted molar refractivity (Wildman–Crippen MR) is 128 cm³/mol. The van der Waals surface area contributed by atoms with Crippen molar-refractivity contribution in [3.05, 3.63) is 74.9 Å². The van der Waals surface area contributed by atoms with Gasteiger partial charge in [-0.15, -0.1) is 11.3 Å². The highest BCUT2D eigenvalue weighted by atomic mass is 35.5. The van der Waals surface area contributed by atoms with Crippen LogP contribution in [-0.2, 0) is 6.42 Å². The van der Waals surface area contributed by atoms with Crippen LogP contribution in [0.1, 0.15) is 33.1 Å². The normalized spacial score (nSPS) is 13.6. The van der Waals surface area contributed by atoms with Crippen LogP contribution in [0.4, 0.5) is 4.39 Å². The van der Waals surface area contributed by atoms with Crippen LogP contribution in [0, 0.1) is 18.7 Å². The van der Waals surface area contributed by atoms with Gasteiger partial charge in [0.15, 0.2) is 0 Å². The molecule has 0 aliphatic heterocycles. The molecule has 0 bridgehead atoms. The molecule has 164 valence electrons. The van der Waals surface area contributed by atoms with Crippen molar-refractivity contribution in [3.63, 3.8) is 0 Å². The summed E-state index contributed by atoms with van der Waals surface area (Å²) in [5, 5.41) is 2.38. The van der Waals surface area contributed by atoms with E-state index in [1.807, 2.05) is 42.3 Å². The highest BCUT2D eigenvalue weighted by Crippen LogP contribution is 2.33. The number of nitrogens with zero attached hydrogens (tertiary/aromatic N) is 2. The van der Waals surface area contributed by atoms with Gasteiger partial charge in [-0.1, -0.05) is 23.7 Å². The Morgan fingerprint density at radius 2 is 2.03 bits per heavy atom. The van der Waals surface area contributed by atoms with Gasteiger partial charge >= 0.3 is 0 Å². The number of thiazole rings is 1. The molecule has 1 fully saturated rings. The molecule has 4 aromatic rings. The zero-order valence-corrected chi connectivity index (χ0v) is 19.3. The first-order chi connectivity index (χ1) is 15.5. The Balaban J connectivity index is 1.41. The molecule has 1 N–H and O–H groups in total. The zero-order valence-electron chi connectivity index (χ0n) is 17.7. The van der Waals surface area contributed by atoms with Crippen LogP contribution in [-0.4, -0.2) is 33.9 Å². The second-order valence-electron chi connectivity index (χ2n) is 8.37. The van der Waals surface area contributed by atoms with Crippen LogP contribution >= 0.6 is 22.9 Å². The van der Waals surface area contributed by atoms with E-state index in [2.05, 4.69) is 9.97 Å². The number of hydrogen-bond donors (Lipinski definition) is 1.